The molecule has 216 valence electrons. The predicted octanol–water partition coefficient (Wildman–Crippen LogP) is 3.95. The molecule has 1 aliphatic rings. The maximum atomic E-state index is 13.9. The molecule has 0 unspecified atom stereocenters. The number of aromatic nitrogens is 2. The number of hydrogen-bond donors (Lipinski definition) is 3. The lowest BCUT2D eigenvalue weighted by molar-refractivity contribution is -0.117. The van der Waals surface area contributed by atoms with Gasteiger partial charge in [-0.2, -0.15) is 0 Å². The third-order valence-electron chi connectivity index (χ3n) is 6.91. The Morgan fingerprint density at radius 1 is 1.15 bits per heavy atom. The second-order valence-electron chi connectivity index (χ2n) is 9.75. The molecule has 12 heteroatoms. The fourth-order valence-electron chi connectivity index (χ4n) is 5.07. The van der Waals surface area contributed by atoms with Crippen LogP contribution < -0.4 is 31.7 Å². The van der Waals surface area contributed by atoms with Gasteiger partial charge in [0.25, 0.3) is 5.91 Å². The number of fused-ring (bicyclic) bond motifs is 3. The van der Waals surface area contributed by atoms with Crippen molar-refractivity contribution >= 4 is 23.2 Å². The van der Waals surface area contributed by atoms with Crippen LogP contribution >= 0.6 is 11.6 Å². The van der Waals surface area contributed by atoms with E-state index < -0.39 is 11.1 Å². The summed E-state index contributed by atoms with van der Waals surface area (Å²) in [6, 6.07) is 9.86. The molecule has 0 atom stereocenters. The highest BCUT2D eigenvalue weighted by atomic mass is 35.5. The van der Waals surface area contributed by atoms with Crippen LogP contribution in [-0.4, -0.2) is 35.3 Å². The zero-order valence-electron chi connectivity index (χ0n) is 23.8. The summed E-state index contributed by atoms with van der Waals surface area (Å²) >= 11 is 5.71. The van der Waals surface area contributed by atoms with E-state index in [0.717, 1.165) is 39.2 Å². The van der Waals surface area contributed by atoms with E-state index in [1.165, 1.54) is 4.57 Å². The van der Waals surface area contributed by atoms with E-state index in [2.05, 4.69) is 10.4 Å². The molecule has 0 radical (unpaired) electrons. The minimum Gasteiger partial charge on any atom is -0.493 e. The van der Waals surface area contributed by atoms with Crippen LogP contribution in [0.15, 0.2) is 56.1 Å². The van der Waals surface area contributed by atoms with Crippen molar-refractivity contribution in [3.63, 3.8) is 0 Å². The molecule has 4 N–H and O–H groups in total. The third-order valence-corrected chi connectivity index (χ3v) is 7.20. The lowest BCUT2D eigenvalue weighted by Gasteiger charge is -2.25. The molecule has 0 spiro atoms. The molecule has 11 nitrogen and oxygen atoms in total. The summed E-state index contributed by atoms with van der Waals surface area (Å²) in [4.78, 5) is 31.3. The summed E-state index contributed by atoms with van der Waals surface area (Å²) in [5, 5.41) is 5.21. The number of nitrogens with two attached hydrogens (primary N) is 1. The second-order valence-corrected chi connectivity index (χ2v) is 10.1. The Morgan fingerprint density at radius 3 is 2.49 bits per heavy atom. The Bertz CT molecular complexity index is 1660. The topological polar surface area (TPSA) is 149 Å². The zero-order valence-corrected chi connectivity index (χ0v) is 24.6. The molecule has 1 amide bonds. The molecule has 0 bridgehead atoms. The van der Waals surface area contributed by atoms with Crippen molar-refractivity contribution < 1.29 is 14.3 Å². The molecular formula is C29H34ClN7O4. The van der Waals surface area contributed by atoms with Gasteiger partial charge in [0.1, 0.15) is 11.2 Å². The molecule has 0 aliphatic carbocycles. The van der Waals surface area contributed by atoms with Gasteiger partial charge in [0.2, 0.25) is 0 Å². The number of ether oxygens (including phenoxy) is 2. The van der Waals surface area contributed by atoms with Crippen LogP contribution in [0.2, 0.25) is 0 Å². The lowest BCUT2D eigenvalue weighted by atomic mass is 9.97. The lowest BCUT2D eigenvalue weighted by Crippen LogP contribution is -2.44. The minimum atomic E-state index is -0.681. The Morgan fingerprint density at radius 2 is 1.85 bits per heavy atom. The summed E-state index contributed by atoms with van der Waals surface area (Å²) in [5.74, 6) is 0.562. The number of rotatable bonds is 9. The molecule has 0 saturated heterocycles. The fourth-order valence-corrected chi connectivity index (χ4v) is 5.15. The van der Waals surface area contributed by atoms with E-state index in [4.69, 9.17) is 37.3 Å². The van der Waals surface area contributed by atoms with Gasteiger partial charge in [0.15, 0.2) is 16.7 Å². The smallest absolute Gasteiger partial charge is 0.330 e. The van der Waals surface area contributed by atoms with Gasteiger partial charge in [-0.25, -0.2) is 15.3 Å². The molecule has 2 aromatic carbocycles. The summed E-state index contributed by atoms with van der Waals surface area (Å²) in [6.07, 6.45) is 0.631. The van der Waals surface area contributed by atoms with Gasteiger partial charge in [-0.1, -0.05) is 29.3 Å². The number of aryl methyl sites for hydroxylation is 4. The number of carbonyl (C=O) groups is 1. The normalized spacial score (nSPS) is 13.2. The average molecular weight is 580 g/mol. The van der Waals surface area contributed by atoms with Crippen LogP contribution in [0.5, 0.6) is 11.5 Å². The van der Waals surface area contributed by atoms with Crippen molar-refractivity contribution in [2.75, 3.05) is 20.3 Å². The zero-order chi connectivity index (χ0) is 29.8. The number of hydrogen-bond acceptors (Lipinski definition) is 8. The van der Waals surface area contributed by atoms with Crippen molar-refractivity contribution in [3.05, 3.63) is 79.4 Å². The summed E-state index contributed by atoms with van der Waals surface area (Å²) in [7, 11) is 1.59. The van der Waals surface area contributed by atoms with Crippen molar-refractivity contribution in [1.82, 2.24) is 14.5 Å². The SMILES string of the molecule is CCOc1cc2c(cc1OC)-c1c/c(=N\c3c(C)cc(C)cc3C)n(CCNC(=O)/C(N)=C(\Cl)N=N)c(=O)n1CC2. The van der Waals surface area contributed by atoms with Crippen molar-refractivity contribution in [2.24, 2.45) is 15.8 Å². The fraction of sp³-hybridized carbons (Fsp3) is 0.345. The first kappa shape index (κ1) is 29.6. The third kappa shape index (κ3) is 6.04. The molecule has 2 heterocycles. The number of nitrogens with one attached hydrogen (secondary N) is 2. The van der Waals surface area contributed by atoms with Crippen LogP contribution in [-0.2, 0) is 24.3 Å². The highest BCUT2D eigenvalue weighted by Gasteiger charge is 2.23. The van der Waals surface area contributed by atoms with Gasteiger partial charge in [-0.15, -0.1) is 5.11 Å². The van der Waals surface area contributed by atoms with Crippen LogP contribution in [0.1, 0.15) is 29.2 Å². The largest absolute Gasteiger partial charge is 0.493 e. The number of halogens is 1. The van der Waals surface area contributed by atoms with E-state index in [0.29, 0.717) is 36.6 Å². The van der Waals surface area contributed by atoms with Gasteiger partial charge in [0.05, 0.1) is 25.1 Å². The van der Waals surface area contributed by atoms with Gasteiger partial charge >= 0.3 is 5.69 Å². The summed E-state index contributed by atoms with van der Waals surface area (Å²) < 4.78 is 14.6. The summed E-state index contributed by atoms with van der Waals surface area (Å²) in [6.45, 7) is 9.07. The first-order valence-corrected chi connectivity index (χ1v) is 13.6. The van der Waals surface area contributed by atoms with E-state index in [1.807, 2.05) is 58.0 Å². The summed E-state index contributed by atoms with van der Waals surface area (Å²) in [5.41, 5.74) is 18.9. The van der Waals surface area contributed by atoms with Crippen molar-refractivity contribution in [3.8, 4) is 22.8 Å². The Hall–Kier alpha value is -4.38. The number of carbonyl (C=O) groups excluding carboxylic acids is 1. The molecule has 3 aromatic rings. The molecule has 0 saturated carbocycles. The van der Waals surface area contributed by atoms with Gasteiger partial charge in [0, 0.05) is 31.3 Å². The standard InChI is InChI=1S/C29H34ClN7O4/c1-6-41-23-13-19-7-9-36-21(20(19)14-22(23)40-5)15-24(34-26-17(3)11-16(2)12-18(26)4)37(29(36)39)10-8-33-28(38)25(31)27(30)35-32/h11-15,32H,6-10,31H2,1-5H3,(H,33,38)/b27-25-,34-24+,35-32?. The quantitative estimate of drug-likeness (QED) is 0.199. The van der Waals surface area contributed by atoms with Gasteiger partial charge in [-0.3, -0.25) is 13.9 Å². The first-order chi connectivity index (χ1) is 19.6. The minimum absolute atomic E-state index is 0.0669. The first-order valence-electron chi connectivity index (χ1n) is 13.2. The Balaban J connectivity index is 1.88. The van der Waals surface area contributed by atoms with Crippen LogP contribution in [0.25, 0.3) is 11.3 Å². The van der Waals surface area contributed by atoms with E-state index in [9.17, 15) is 9.59 Å². The van der Waals surface area contributed by atoms with E-state index >= 15 is 0 Å². The number of benzene rings is 2. The van der Waals surface area contributed by atoms with Crippen molar-refractivity contribution in [1.29, 1.82) is 5.53 Å². The predicted molar refractivity (Wildman–Crippen MR) is 157 cm³/mol. The maximum Gasteiger partial charge on any atom is 0.330 e. The second kappa shape index (κ2) is 12.4. The number of amides is 1. The van der Waals surface area contributed by atoms with Crippen LogP contribution in [0.4, 0.5) is 5.69 Å². The molecule has 41 heavy (non-hydrogen) atoms. The monoisotopic (exact) mass is 579 g/mol. The maximum absolute atomic E-state index is 13.9. The highest BCUT2D eigenvalue weighted by Crippen LogP contribution is 2.37. The number of methoxy groups -OCH3 is 1. The van der Waals surface area contributed by atoms with Crippen LogP contribution in [0, 0.1) is 26.3 Å². The van der Waals surface area contributed by atoms with Crippen LogP contribution in [0.3, 0.4) is 0 Å². The molecular weight excluding hydrogens is 546 g/mol. The van der Waals surface area contributed by atoms with E-state index in [1.54, 1.807) is 11.7 Å². The molecule has 4 rings (SSSR count). The molecule has 1 aromatic heterocycles. The molecule has 0 fully saturated rings. The van der Waals surface area contributed by atoms with Crippen molar-refractivity contribution in [2.45, 2.75) is 47.2 Å². The Kier molecular flexibility index (Phi) is 8.97. The Labute approximate surface area is 242 Å². The van der Waals surface area contributed by atoms with E-state index in [-0.39, 0.29) is 24.5 Å². The number of nitrogens with zero attached hydrogens (tertiary/aromatic N) is 4. The average Bonchev–Trinajstić information content (AvgIpc) is 2.94. The van der Waals surface area contributed by atoms with Gasteiger partial charge < -0.3 is 20.5 Å². The highest BCUT2D eigenvalue weighted by molar-refractivity contribution is 6.31. The van der Waals surface area contributed by atoms with Gasteiger partial charge in [-0.05, 0) is 62.9 Å². The molecule has 1 aliphatic heterocycles.